The van der Waals surface area contributed by atoms with Crippen LogP contribution in [0.15, 0.2) is 29.0 Å². The number of quaternary nitrogens is 1. The Kier molecular flexibility index (Phi) is 4.90. The maximum absolute atomic E-state index is 13.6. The van der Waals surface area contributed by atoms with Gasteiger partial charge in [-0.05, 0) is 18.6 Å². The van der Waals surface area contributed by atoms with E-state index in [-0.39, 0.29) is 22.6 Å². The molecular formula is C21H22ClN2O8+. The predicted octanol–water partition coefficient (Wildman–Crippen LogP) is -1.31. The van der Waals surface area contributed by atoms with Crippen molar-refractivity contribution in [3.63, 3.8) is 0 Å². The third kappa shape index (κ3) is 2.61. The molecule has 0 bridgehead atoms. The Balaban J connectivity index is 2.03. The Morgan fingerprint density at radius 3 is 2.41 bits per heavy atom. The summed E-state index contributed by atoms with van der Waals surface area (Å²) in [6.07, 6.45) is -1.67. The van der Waals surface area contributed by atoms with Crippen LogP contribution in [0.3, 0.4) is 0 Å². The van der Waals surface area contributed by atoms with Crippen LogP contribution in [0.5, 0.6) is 5.75 Å². The smallest absolute Gasteiger partial charge is 0.256 e. The molecular weight excluding hydrogens is 444 g/mol. The molecule has 5 unspecified atom stereocenters. The molecule has 5 atom stereocenters. The van der Waals surface area contributed by atoms with Gasteiger partial charge in [0.15, 0.2) is 11.6 Å². The number of likely N-dealkylation sites (N-methyl/N-ethyl adjacent to an activating group) is 1. The van der Waals surface area contributed by atoms with Crippen molar-refractivity contribution in [2.24, 2.45) is 17.6 Å². The molecule has 1 fully saturated rings. The number of rotatable bonds is 2. The van der Waals surface area contributed by atoms with Crippen LogP contribution in [-0.4, -0.2) is 68.7 Å². The van der Waals surface area contributed by atoms with E-state index in [0.29, 0.717) is 4.90 Å². The number of Topliss-reactive ketones (excluding diaryl/α,β-unsaturated/α-hetero) is 2. The van der Waals surface area contributed by atoms with Crippen LogP contribution in [-0.2, 0) is 14.4 Å². The number of amides is 1. The molecule has 1 aromatic rings. The van der Waals surface area contributed by atoms with Gasteiger partial charge in [-0.3, -0.25) is 14.4 Å². The zero-order valence-corrected chi connectivity index (χ0v) is 17.8. The average molecular weight is 466 g/mol. The molecule has 0 saturated heterocycles. The first-order valence-electron chi connectivity index (χ1n) is 9.83. The van der Waals surface area contributed by atoms with E-state index in [1.54, 1.807) is 14.1 Å². The minimum Gasteiger partial charge on any atom is -0.508 e. The van der Waals surface area contributed by atoms with Crippen molar-refractivity contribution < 1.29 is 44.8 Å². The van der Waals surface area contributed by atoms with Crippen LogP contribution in [0.4, 0.5) is 0 Å². The minimum absolute atomic E-state index is 0.00429. The van der Waals surface area contributed by atoms with Gasteiger partial charge in [-0.15, -0.1) is 0 Å². The Morgan fingerprint density at radius 2 is 1.84 bits per heavy atom. The zero-order chi connectivity index (χ0) is 23.9. The lowest BCUT2D eigenvalue weighted by Gasteiger charge is -2.49. The Labute approximate surface area is 186 Å². The van der Waals surface area contributed by atoms with Crippen molar-refractivity contribution in [3.05, 3.63) is 45.2 Å². The van der Waals surface area contributed by atoms with Crippen molar-refractivity contribution in [2.75, 3.05) is 14.1 Å². The number of fused-ring (bicyclic) bond motifs is 3. The molecule has 0 aromatic heterocycles. The molecule has 170 valence electrons. The number of nitrogens with one attached hydrogen (secondary N) is 1. The van der Waals surface area contributed by atoms with Crippen molar-refractivity contribution in [1.82, 2.24) is 0 Å². The van der Waals surface area contributed by atoms with E-state index in [1.807, 2.05) is 0 Å². The number of carbonyl (C=O) groups is 3. The number of hydrogen-bond donors (Lipinski definition) is 7. The molecule has 0 radical (unpaired) electrons. The molecule has 3 aliphatic carbocycles. The van der Waals surface area contributed by atoms with Crippen LogP contribution in [0.1, 0.15) is 23.7 Å². The molecule has 10 nitrogen and oxygen atoms in total. The summed E-state index contributed by atoms with van der Waals surface area (Å²) in [6.45, 7) is 0. The number of hydrogen-bond acceptors (Lipinski definition) is 8. The molecule has 0 aliphatic heterocycles. The lowest BCUT2D eigenvalue weighted by molar-refractivity contribution is -0.880. The van der Waals surface area contributed by atoms with Gasteiger partial charge in [0, 0.05) is 22.1 Å². The van der Waals surface area contributed by atoms with Gasteiger partial charge >= 0.3 is 0 Å². The molecule has 1 amide bonds. The summed E-state index contributed by atoms with van der Waals surface area (Å²) in [6, 6.07) is 1.34. The number of ketones is 2. The standard InChI is InChI=1S/C21H21ClN2O8/c1-24(2)14-7-5-6-10(16(27)12-9(25)4-3-8(22)11(12)15(6)26)18(29)21(7,32)19(30)13(17(14)28)20(23)31/h3-4,6-7,14-15,25-27,30,32H,5H2,1-2H3,(H2,23,31)/p+1. The molecule has 8 N–H and O–H groups in total. The van der Waals surface area contributed by atoms with Crippen LogP contribution >= 0.6 is 11.6 Å². The largest absolute Gasteiger partial charge is 0.508 e. The second-order valence-electron chi connectivity index (χ2n) is 8.61. The second kappa shape index (κ2) is 7.04. The molecule has 1 saturated carbocycles. The zero-order valence-electron chi connectivity index (χ0n) is 17.1. The highest BCUT2D eigenvalue weighted by atomic mass is 35.5. The number of aromatic hydroxyl groups is 1. The molecule has 3 aliphatic rings. The van der Waals surface area contributed by atoms with Gasteiger partial charge in [0.05, 0.1) is 31.7 Å². The van der Waals surface area contributed by atoms with Gasteiger partial charge in [0.1, 0.15) is 22.8 Å². The van der Waals surface area contributed by atoms with Gasteiger partial charge in [0.2, 0.25) is 11.6 Å². The maximum Gasteiger partial charge on any atom is 0.256 e. The van der Waals surface area contributed by atoms with Crippen molar-refractivity contribution in [3.8, 4) is 5.75 Å². The first-order valence-corrected chi connectivity index (χ1v) is 10.2. The number of halogens is 1. The van der Waals surface area contributed by atoms with E-state index >= 15 is 0 Å². The third-order valence-corrected chi connectivity index (χ3v) is 7.07. The summed E-state index contributed by atoms with van der Waals surface area (Å²) >= 11 is 6.19. The van der Waals surface area contributed by atoms with E-state index < -0.39 is 75.5 Å². The second-order valence-corrected chi connectivity index (χ2v) is 9.02. The minimum atomic E-state index is -2.74. The summed E-state index contributed by atoms with van der Waals surface area (Å²) in [5, 5.41) is 54.4. The van der Waals surface area contributed by atoms with Crippen LogP contribution < -0.4 is 10.6 Å². The molecule has 1 aromatic carbocycles. The monoisotopic (exact) mass is 465 g/mol. The van der Waals surface area contributed by atoms with E-state index in [2.05, 4.69) is 0 Å². The number of nitrogens with two attached hydrogens (primary N) is 1. The lowest BCUT2D eigenvalue weighted by Crippen LogP contribution is -3.13. The van der Waals surface area contributed by atoms with E-state index in [4.69, 9.17) is 17.3 Å². The molecule has 0 heterocycles. The lowest BCUT2D eigenvalue weighted by atomic mass is 9.57. The first-order chi connectivity index (χ1) is 14.8. The van der Waals surface area contributed by atoms with Crippen LogP contribution in [0.25, 0.3) is 5.76 Å². The fourth-order valence-corrected chi connectivity index (χ4v) is 5.61. The average Bonchev–Trinajstić information content (AvgIpc) is 2.69. The Morgan fingerprint density at radius 1 is 1.22 bits per heavy atom. The maximum atomic E-state index is 13.6. The highest BCUT2D eigenvalue weighted by Crippen LogP contribution is 2.55. The van der Waals surface area contributed by atoms with Gasteiger partial charge in [0.25, 0.3) is 5.91 Å². The van der Waals surface area contributed by atoms with E-state index in [9.17, 15) is 39.9 Å². The normalized spacial score (nSPS) is 32.1. The van der Waals surface area contributed by atoms with Gasteiger partial charge in [-0.25, -0.2) is 0 Å². The Bertz CT molecular complexity index is 1160. The SMILES string of the molecule is C[NH+](C)C1C(=O)C(C(N)=O)=C(O)C2(O)C(=O)C3=C(O)c4c(O)ccc(Cl)c4C(O)C3CC12. The number of aliphatic hydroxyl groups is 4. The van der Waals surface area contributed by atoms with Gasteiger partial charge in [-0.2, -0.15) is 0 Å². The van der Waals surface area contributed by atoms with Gasteiger partial charge in [-0.1, -0.05) is 11.6 Å². The van der Waals surface area contributed by atoms with Crippen molar-refractivity contribution in [2.45, 2.75) is 24.2 Å². The summed E-state index contributed by atoms with van der Waals surface area (Å²) in [4.78, 5) is 38.9. The Hall–Kier alpha value is -2.92. The van der Waals surface area contributed by atoms with Gasteiger partial charge < -0.3 is 36.2 Å². The van der Waals surface area contributed by atoms with E-state index in [1.165, 1.54) is 12.1 Å². The predicted molar refractivity (Wildman–Crippen MR) is 110 cm³/mol. The fraction of sp³-hybridized carbons (Fsp3) is 0.381. The van der Waals surface area contributed by atoms with Crippen LogP contribution in [0.2, 0.25) is 5.02 Å². The molecule has 11 heteroatoms. The van der Waals surface area contributed by atoms with Crippen molar-refractivity contribution in [1.29, 1.82) is 0 Å². The summed E-state index contributed by atoms with van der Waals surface area (Å²) in [5.41, 5.74) is 0.917. The fourth-order valence-electron chi connectivity index (χ4n) is 5.34. The molecule has 0 spiro atoms. The number of phenolic OH excluding ortho intramolecular Hbond substituents is 1. The van der Waals surface area contributed by atoms with E-state index in [0.717, 1.165) is 0 Å². The summed E-state index contributed by atoms with van der Waals surface area (Å²) in [5.74, 6) is -8.05. The first kappa shape index (κ1) is 22.3. The molecule has 4 rings (SSSR count). The number of aliphatic hydroxyl groups excluding tert-OH is 3. The van der Waals surface area contributed by atoms with Crippen LogP contribution in [0, 0.1) is 11.8 Å². The summed E-state index contributed by atoms with van der Waals surface area (Å²) < 4.78 is 0. The number of phenols is 1. The number of primary amides is 1. The quantitative estimate of drug-likeness (QED) is 0.263. The highest BCUT2D eigenvalue weighted by molar-refractivity contribution is 6.32. The highest BCUT2D eigenvalue weighted by Gasteiger charge is 2.66. The molecule has 32 heavy (non-hydrogen) atoms. The number of carbonyl (C=O) groups excluding carboxylic acids is 3. The number of benzene rings is 1. The summed E-state index contributed by atoms with van der Waals surface area (Å²) in [7, 11) is 3.14. The third-order valence-electron chi connectivity index (χ3n) is 6.74. The topological polar surface area (TPSA) is 183 Å². The van der Waals surface area contributed by atoms with Crippen molar-refractivity contribution >= 4 is 34.8 Å².